The van der Waals surface area contributed by atoms with E-state index in [2.05, 4.69) is 25.5 Å². The summed E-state index contributed by atoms with van der Waals surface area (Å²) in [6.45, 7) is 2.25. The van der Waals surface area contributed by atoms with Crippen LogP contribution in [0.4, 0.5) is 5.82 Å². The van der Waals surface area contributed by atoms with Crippen LogP contribution in [0, 0.1) is 5.92 Å². The summed E-state index contributed by atoms with van der Waals surface area (Å²) in [4.78, 5) is 15.7. The minimum atomic E-state index is 0.0718. The molecule has 0 aliphatic carbocycles. The van der Waals surface area contributed by atoms with Crippen LogP contribution in [0.1, 0.15) is 17.7 Å². The van der Waals surface area contributed by atoms with Crippen LogP contribution < -0.4 is 10.2 Å². The van der Waals surface area contributed by atoms with E-state index in [1.54, 1.807) is 22.2 Å². The second-order valence-electron chi connectivity index (χ2n) is 6.26. The van der Waals surface area contributed by atoms with Gasteiger partial charge in [-0.3, -0.25) is 4.79 Å². The molecule has 0 bridgehead atoms. The third kappa shape index (κ3) is 3.75. The van der Waals surface area contributed by atoms with Crippen molar-refractivity contribution in [1.82, 2.24) is 25.3 Å². The molecule has 1 N–H and O–H groups in total. The van der Waals surface area contributed by atoms with Crippen LogP contribution >= 0.6 is 11.3 Å². The second kappa shape index (κ2) is 7.65. The molecular weight excluding hydrogens is 348 g/mol. The van der Waals surface area contributed by atoms with E-state index in [9.17, 15) is 4.79 Å². The van der Waals surface area contributed by atoms with Crippen molar-refractivity contribution in [2.75, 3.05) is 18.0 Å². The Balaban J connectivity index is 1.29. The predicted octanol–water partition coefficient (Wildman–Crippen LogP) is 2.26. The first-order valence-electron chi connectivity index (χ1n) is 8.68. The van der Waals surface area contributed by atoms with Gasteiger partial charge in [0, 0.05) is 36.3 Å². The Morgan fingerprint density at radius 2 is 1.96 bits per heavy atom. The minimum absolute atomic E-state index is 0.0718. The second-order valence-corrected chi connectivity index (χ2v) is 7.29. The zero-order chi connectivity index (χ0) is 17.8. The number of piperidine rings is 1. The Morgan fingerprint density at radius 3 is 2.62 bits per heavy atom. The molecule has 0 aromatic carbocycles. The number of rotatable bonds is 5. The fourth-order valence-corrected chi connectivity index (χ4v) is 3.76. The monoisotopic (exact) mass is 368 g/mol. The summed E-state index contributed by atoms with van der Waals surface area (Å²) in [6.07, 6.45) is 5.21. The highest BCUT2D eigenvalue weighted by atomic mass is 32.1. The van der Waals surface area contributed by atoms with Gasteiger partial charge in [0.25, 0.3) is 0 Å². The van der Waals surface area contributed by atoms with E-state index in [-0.39, 0.29) is 11.8 Å². The number of hydrogen-bond donors (Lipinski definition) is 1. The number of hydrogen-bond acceptors (Lipinski definition) is 6. The molecule has 1 saturated heterocycles. The zero-order valence-electron chi connectivity index (χ0n) is 14.3. The van der Waals surface area contributed by atoms with Gasteiger partial charge in [-0.25, -0.2) is 4.68 Å². The summed E-state index contributed by atoms with van der Waals surface area (Å²) in [5.74, 6) is 1.76. The molecule has 1 fully saturated rings. The van der Waals surface area contributed by atoms with E-state index < -0.39 is 0 Å². The van der Waals surface area contributed by atoms with Crippen LogP contribution in [0.5, 0.6) is 0 Å². The molecule has 4 heterocycles. The molecular formula is C18H20N6OS. The Morgan fingerprint density at radius 1 is 1.15 bits per heavy atom. The molecule has 0 radical (unpaired) electrons. The van der Waals surface area contributed by atoms with Crippen LogP contribution in [-0.2, 0) is 11.3 Å². The number of nitrogens with one attached hydrogen (secondary N) is 1. The Labute approximate surface area is 155 Å². The normalized spacial score (nSPS) is 15.2. The molecule has 4 rings (SSSR count). The van der Waals surface area contributed by atoms with Gasteiger partial charge < -0.3 is 10.2 Å². The van der Waals surface area contributed by atoms with Crippen LogP contribution in [0.15, 0.2) is 48.1 Å². The Hall–Kier alpha value is -2.74. The van der Waals surface area contributed by atoms with Gasteiger partial charge >= 0.3 is 0 Å². The third-order valence-corrected chi connectivity index (χ3v) is 5.46. The van der Waals surface area contributed by atoms with E-state index in [0.29, 0.717) is 12.4 Å². The van der Waals surface area contributed by atoms with Crippen LogP contribution in [0.25, 0.3) is 5.82 Å². The quantitative estimate of drug-likeness (QED) is 0.748. The fourth-order valence-electron chi connectivity index (χ4n) is 3.12. The molecule has 26 heavy (non-hydrogen) atoms. The van der Waals surface area contributed by atoms with Crippen LogP contribution in [0.3, 0.4) is 0 Å². The summed E-state index contributed by atoms with van der Waals surface area (Å²) in [5.41, 5.74) is 0. The molecule has 1 amide bonds. The maximum absolute atomic E-state index is 12.3. The topological polar surface area (TPSA) is 75.9 Å². The Kier molecular flexibility index (Phi) is 4.92. The number of carbonyl (C=O) groups is 1. The molecule has 1 aliphatic heterocycles. The van der Waals surface area contributed by atoms with Crippen molar-refractivity contribution in [2.45, 2.75) is 19.4 Å². The van der Waals surface area contributed by atoms with Crippen LogP contribution in [0.2, 0.25) is 0 Å². The zero-order valence-corrected chi connectivity index (χ0v) is 15.1. The first kappa shape index (κ1) is 16.7. The van der Waals surface area contributed by atoms with Crippen molar-refractivity contribution in [3.8, 4) is 5.82 Å². The molecule has 134 valence electrons. The first-order chi connectivity index (χ1) is 12.8. The van der Waals surface area contributed by atoms with E-state index in [1.165, 1.54) is 4.88 Å². The number of carbonyl (C=O) groups excluding carboxylic acids is 1. The molecule has 0 atom stereocenters. The van der Waals surface area contributed by atoms with E-state index >= 15 is 0 Å². The lowest BCUT2D eigenvalue weighted by molar-refractivity contribution is -0.125. The highest BCUT2D eigenvalue weighted by Crippen LogP contribution is 2.22. The first-order valence-corrected chi connectivity index (χ1v) is 9.56. The summed E-state index contributed by atoms with van der Waals surface area (Å²) >= 11 is 1.66. The molecule has 0 spiro atoms. The number of thiophene rings is 1. The van der Waals surface area contributed by atoms with Gasteiger partial charge in [0.05, 0.1) is 6.54 Å². The molecule has 8 heteroatoms. The summed E-state index contributed by atoms with van der Waals surface area (Å²) in [7, 11) is 0. The predicted molar refractivity (Wildman–Crippen MR) is 100 cm³/mol. The summed E-state index contributed by atoms with van der Waals surface area (Å²) in [5, 5.41) is 17.8. The molecule has 3 aromatic heterocycles. The van der Waals surface area contributed by atoms with E-state index in [1.807, 2.05) is 41.9 Å². The smallest absolute Gasteiger partial charge is 0.223 e. The number of anilines is 1. The highest BCUT2D eigenvalue weighted by Gasteiger charge is 2.25. The number of aromatic nitrogens is 4. The molecule has 1 aliphatic rings. The van der Waals surface area contributed by atoms with Crippen molar-refractivity contribution in [1.29, 1.82) is 0 Å². The lowest BCUT2D eigenvalue weighted by atomic mass is 9.96. The minimum Gasteiger partial charge on any atom is -0.355 e. The maximum Gasteiger partial charge on any atom is 0.223 e. The van der Waals surface area contributed by atoms with Gasteiger partial charge in [-0.2, -0.15) is 5.10 Å². The average Bonchev–Trinajstić information content (AvgIpc) is 3.40. The lowest BCUT2D eigenvalue weighted by Gasteiger charge is -2.31. The van der Waals surface area contributed by atoms with Gasteiger partial charge in [0.15, 0.2) is 11.6 Å². The maximum atomic E-state index is 12.3. The summed E-state index contributed by atoms with van der Waals surface area (Å²) < 4.78 is 1.68. The fraction of sp³-hybridized carbons (Fsp3) is 0.333. The van der Waals surface area contributed by atoms with Crippen molar-refractivity contribution in [2.24, 2.45) is 5.92 Å². The van der Waals surface area contributed by atoms with Crippen molar-refractivity contribution in [3.63, 3.8) is 0 Å². The van der Waals surface area contributed by atoms with E-state index in [0.717, 1.165) is 31.7 Å². The number of amides is 1. The van der Waals surface area contributed by atoms with Gasteiger partial charge in [0.1, 0.15) is 0 Å². The van der Waals surface area contributed by atoms with Gasteiger partial charge in [0.2, 0.25) is 5.91 Å². The van der Waals surface area contributed by atoms with Gasteiger partial charge in [-0.15, -0.1) is 21.5 Å². The third-order valence-electron chi connectivity index (χ3n) is 4.58. The Bertz CT molecular complexity index is 823. The van der Waals surface area contributed by atoms with Gasteiger partial charge in [-0.1, -0.05) is 6.07 Å². The van der Waals surface area contributed by atoms with E-state index in [4.69, 9.17) is 0 Å². The largest absolute Gasteiger partial charge is 0.355 e. The molecule has 0 saturated carbocycles. The van der Waals surface area contributed by atoms with Crippen molar-refractivity contribution in [3.05, 3.63) is 53.0 Å². The molecule has 3 aromatic rings. The average molecular weight is 368 g/mol. The van der Waals surface area contributed by atoms with Crippen molar-refractivity contribution < 1.29 is 4.79 Å². The number of nitrogens with zero attached hydrogens (tertiary/aromatic N) is 5. The highest BCUT2D eigenvalue weighted by molar-refractivity contribution is 7.09. The molecule has 0 unspecified atom stereocenters. The molecule has 7 nitrogen and oxygen atoms in total. The SMILES string of the molecule is O=C(NCc1cccs1)C1CCN(c2ccc(-n3cccn3)nn2)CC1. The van der Waals surface area contributed by atoms with Crippen molar-refractivity contribution >= 4 is 23.1 Å². The standard InChI is InChI=1S/C18H20N6OS/c25-18(19-13-15-3-1-12-26-15)14-6-10-23(11-7-14)16-4-5-17(22-21-16)24-9-2-8-20-24/h1-5,8-9,12,14H,6-7,10-11,13H2,(H,19,25). The van der Waals surface area contributed by atoms with Gasteiger partial charge in [-0.05, 0) is 42.5 Å². The summed E-state index contributed by atoms with van der Waals surface area (Å²) in [6, 6.07) is 9.77. The lowest BCUT2D eigenvalue weighted by Crippen LogP contribution is -2.40. The van der Waals surface area contributed by atoms with Crippen LogP contribution in [-0.4, -0.2) is 39.0 Å².